The molecular formula is C12H15F6NO. The van der Waals surface area contributed by atoms with Crippen molar-refractivity contribution < 1.29 is 31.4 Å². The van der Waals surface area contributed by atoms with Gasteiger partial charge < -0.3 is 10.8 Å². The summed E-state index contributed by atoms with van der Waals surface area (Å²) in [6.07, 6.45) is -11.0. The molecule has 0 heterocycles. The molecule has 2 atom stereocenters. The van der Waals surface area contributed by atoms with Crippen molar-refractivity contribution in [1.29, 1.82) is 0 Å². The maximum atomic E-state index is 12.9. The van der Waals surface area contributed by atoms with E-state index in [0.717, 1.165) is 0 Å². The molecule has 0 aromatic heterocycles. The van der Waals surface area contributed by atoms with Crippen LogP contribution in [0.5, 0.6) is 0 Å². The summed E-state index contributed by atoms with van der Waals surface area (Å²) in [5.74, 6) is -1.92. The van der Waals surface area contributed by atoms with Crippen LogP contribution in [0, 0.1) is 11.8 Å². The van der Waals surface area contributed by atoms with Gasteiger partial charge in [0.15, 0.2) is 0 Å². The molecule has 0 amide bonds. The monoisotopic (exact) mass is 303 g/mol. The number of halogens is 6. The van der Waals surface area contributed by atoms with Crippen molar-refractivity contribution in [2.24, 2.45) is 17.6 Å². The second kappa shape index (κ2) is 4.68. The highest BCUT2D eigenvalue weighted by molar-refractivity contribution is 5.40. The average molecular weight is 303 g/mol. The Morgan fingerprint density at radius 2 is 1.40 bits per heavy atom. The van der Waals surface area contributed by atoms with Gasteiger partial charge >= 0.3 is 12.4 Å². The number of alkyl halides is 6. The van der Waals surface area contributed by atoms with E-state index in [4.69, 9.17) is 5.73 Å². The van der Waals surface area contributed by atoms with Crippen molar-refractivity contribution in [2.45, 2.75) is 38.7 Å². The highest BCUT2D eigenvalue weighted by Crippen LogP contribution is 2.52. The van der Waals surface area contributed by atoms with Crippen LogP contribution in [0.3, 0.4) is 0 Å². The SMILES string of the molecule is CC1=C(N)[C@@H](C)C(C)C(C(O)(C(F)(F)F)C(F)(F)F)=C1. The van der Waals surface area contributed by atoms with Crippen LogP contribution in [0.2, 0.25) is 0 Å². The van der Waals surface area contributed by atoms with Gasteiger partial charge in [0, 0.05) is 11.6 Å². The Labute approximate surface area is 111 Å². The van der Waals surface area contributed by atoms with Crippen molar-refractivity contribution in [3.05, 3.63) is 22.9 Å². The summed E-state index contributed by atoms with van der Waals surface area (Å²) in [7, 11) is 0. The van der Waals surface area contributed by atoms with Crippen LogP contribution in [0.25, 0.3) is 0 Å². The average Bonchev–Trinajstić information content (AvgIpc) is 2.27. The third-order valence-electron chi connectivity index (χ3n) is 3.80. The predicted molar refractivity (Wildman–Crippen MR) is 60.4 cm³/mol. The van der Waals surface area contributed by atoms with Crippen LogP contribution in [0.4, 0.5) is 26.3 Å². The first-order chi connectivity index (χ1) is 8.75. The number of rotatable bonds is 1. The minimum absolute atomic E-state index is 0.0949. The van der Waals surface area contributed by atoms with Crippen molar-refractivity contribution in [2.75, 3.05) is 0 Å². The van der Waals surface area contributed by atoms with Gasteiger partial charge in [-0.25, -0.2) is 0 Å². The van der Waals surface area contributed by atoms with Crippen molar-refractivity contribution >= 4 is 0 Å². The van der Waals surface area contributed by atoms with Crippen LogP contribution >= 0.6 is 0 Å². The summed E-state index contributed by atoms with van der Waals surface area (Å²) >= 11 is 0. The van der Waals surface area contributed by atoms with Gasteiger partial charge in [-0.2, -0.15) is 26.3 Å². The molecule has 1 unspecified atom stereocenters. The number of nitrogens with two attached hydrogens (primary N) is 1. The van der Waals surface area contributed by atoms with E-state index in [9.17, 15) is 31.4 Å². The quantitative estimate of drug-likeness (QED) is 0.730. The van der Waals surface area contributed by atoms with E-state index in [1.165, 1.54) is 20.8 Å². The molecule has 0 fully saturated rings. The molecule has 20 heavy (non-hydrogen) atoms. The molecule has 0 aliphatic heterocycles. The highest BCUT2D eigenvalue weighted by Gasteiger charge is 2.73. The van der Waals surface area contributed by atoms with Crippen LogP contribution in [-0.4, -0.2) is 23.1 Å². The van der Waals surface area contributed by atoms with Crippen LogP contribution < -0.4 is 5.73 Å². The summed E-state index contributed by atoms with van der Waals surface area (Å²) in [5.41, 5.74) is -0.0562. The lowest BCUT2D eigenvalue weighted by molar-refractivity contribution is -0.354. The first-order valence-electron chi connectivity index (χ1n) is 5.79. The number of hydrogen-bond acceptors (Lipinski definition) is 2. The second-order valence-electron chi connectivity index (χ2n) is 5.02. The van der Waals surface area contributed by atoms with E-state index in [2.05, 4.69) is 0 Å². The molecule has 0 saturated carbocycles. The molecule has 3 N–H and O–H groups in total. The fraction of sp³-hybridized carbons (Fsp3) is 0.667. The molecule has 1 aliphatic rings. The van der Waals surface area contributed by atoms with Crippen LogP contribution in [0.1, 0.15) is 20.8 Å². The first-order valence-corrected chi connectivity index (χ1v) is 5.79. The third kappa shape index (κ3) is 2.30. The van der Waals surface area contributed by atoms with Crippen LogP contribution in [0.15, 0.2) is 22.9 Å². The summed E-state index contributed by atoms with van der Waals surface area (Å²) in [5, 5.41) is 9.42. The fourth-order valence-corrected chi connectivity index (χ4v) is 2.27. The van der Waals surface area contributed by atoms with Crippen molar-refractivity contribution in [3.63, 3.8) is 0 Å². The summed E-state index contributed by atoms with van der Waals surface area (Å²) in [6.45, 7) is 3.91. The Bertz CT molecular complexity index is 446. The molecule has 0 radical (unpaired) electrons. The van der Waals surface area contributed by atoms with E-state index >= 15 is 0 Å². The molecule has 1 aliphatic carbocycles. The lowest BCUT2D eigenvalue weighted by Crippen LogP contribution is -2.60. The fourth-order valence-electron chi connectivity index (χ4n) is 2.27. The summed E-state index contributed by atoms with van der Waals surface area (Å²) in [6, 6.07) is 0. The Morgan fingerprint density at radius 3 is 1.75 bits per heavy atom. The lowest BCUT2D eigenvalue weighted by Gasteiger charge is -2.40. The lowest BCUT2D eigenvalue weighted by atomic mass is 9.72. The molecule has 0 aromatic carbocycles. The van der Waals surface area contributed by atoms with E-state index < -0.39 is 35.4 Å². The minimum Gasteiger partial charge on any atom is -0.402 e. The number of hydrogen-bond donors (Lipinski definition) is 2. The molecular weight excluding hydrogens is 288 g/mol. The molecule has 8 heteroatoms. The standard InChI is InChI=1S/C12H15F6NO/c1-5-4-8(6(2)7(3)9(5)19)10(20,11(13,14)15)12(16,17)18/h4,6-7,20H,19H2,1-3H3/t6?,7-/m0/s1. The van der Waals surface area contributed by atoms with Gasteiger partial charge in [0.1, 0.15) is 0 Å². The van der Waals surface area contributed by atoms with Gasteiger partial charge in [0.2, 0.25) is 0 Å². The molecule has 0 aromatic rings. The zero-order valence-electron chi connectivity index (χ0n) is 11.0. The number of aliphatic hydroxyl groups is 1. The van der Waals surface area contributed by atoms with E-state index in [1.807, 2.05) is 0 Å². The van der Waals surface area contributed by atoms with Crippen molar-refractivity contribution in [1.82, 2.24) is 0 Å². The Balaban J connectivity index is 3.56. The maximum absolute atomic E-state index is 12.9. The van der Waals surface area contributed by atoms with Gasteiger partial charge in [0.25, 0.3) is 5.60 Å². The molecule has 116 valence electrons. The largest absolute Gasteiger partial charge is 0.430 e. The van der Waals surface area contributed by atoms with E-state index in [1.54, 1.807) is 0 Å². The molecule has 0 saturated heterocycles. The predicted octanol–water partition coefficient (Wildman–Crippen LogP) is 3.29. The Hall–Kier alpha value is -1.18. The molecule has 0 spiro atoms. The van der Waals surface area contributed by atoms with Gasteiger partial charge in [-0.15, -0.1) is 0 Å². The highest BCUT2D eigenvalue weighted by atomic mass is 19.4. The van der Waals surface area contributed by atoms with Gasteiger partial charge in [0.05, 0.1) is 0 Å². The Morgan fingerprint density at radius 1 is 1.00 bits per heavy atom. The van der Waals surface area contributed by atoms with Crippen molar-refractivity contribution in [3.8, 4) is 0 Å². The second-order valence-corrected chi connectivity index (χ2v) is 5.02. The first kappa shape index (κ1) is 16.9. The minimum atomic E-state index is -5.86. The number of allylic oxidation sites excluding steroid dienone is 3. The smallest absolute Gasteiger partial charge is 0.402 e. The zero-order valence-corrected chi connectivity index (χ0v) is 11.0. The van der Waals surface area contributed by atoms with Gasteiger partial charge in [-0.05, 0) is 24.0 Å². The normalized spacial score (nSPS) is 25.8. The molecule has 2 nitrogen and oxygen atoms in total. The van der Waals surface area contributed by atoms with E-state index in [-0.39, 0.29) is 11.3 Å². The zero-order chi connectivity index (χ0) is 16.1. The van der Waals surface area contributed by atoms with E-state index in [0.29, 0.717) is 6.08 Å². The summed E-state index contributed by atoms with van der Waals surface area (Å²) in [4.78, 5) is 0. The Kier molecular flexibility index (Phi) is 3.95. The van der Waals surface area contributed by atoms with Crippen LogP contribution in [-0.2, 0) is 0 Å². The summed E-state index contributed by atoms with van der Waals surface area (Å²) < 4.78 is 77.1. The van der Waals surface area contributed by atoms with Gasteiger partial charge in [-0.1, -0.05) is 19.9 Å². The topological polar surface area (TPSA) is 46.2 Å². The molecule has 0 bridgehead atoms. The van der Waals surface area contributed by atoms with Gasteiger partial charge in [-0.3, -0.25) is 0 Å². The maximum Gasteiger partial charge on any atom is 0.430 e. The molecule has 1 rings (SSSR count). The third-order valence-corrected chi connectivity index (χ3v) is 3.80.